The van der Waals surface area contributed by atoms with Crippen LogP contribution >= 0.6 is 0 Å². The van der Waals surface area contributed by atoms with Crippen LogP contribution in [-0.2, 0) is 0 Å². The topological polar surface area (TPSA) is 32.3 Å². The van der Waals surface area contributed by atoms with Crippen molar-refractivity contribution in [3.05, 3.63) is 29.8 Å². The zero-order chi connectivity index (χ0) is 15.3. The zero-order valence-electron chi connectivity index (χ0n) is 13.6. The van der Waals surface area contributed by atoms with Crippen molar-refractivity contribution in [1.29, 1.82) is 0 Å². The van der Waals surface area contributed by atoms with Crippen LogP contribution in [0.25, 0.3) is 0 Å². The summed E-state index contributed by atoms with van der Waals surface area (Å²) >= 11 is 0. The minimum atomic E-state index is 0.0139. The molecule has 0 heterocycles. The lowest BCUT2D eigenvalue weighted by molar-refractivity contribution is 0.0937. The van der Waals surface area contributed by atoms with E-state index in [1.165, 1.54) is 0 Å². The van der Waals surface area contributed by atoms with E-state index >= 15 is 0 Å². The minimum absolute atomic E-state index is 0.0139. The van der Waals surface area contributed by atoms with Crippen LogP contribution in [0.3, 0.4) is 0 Å². The molecule has 1 rings (SSSR count). The van der Waals surface area contributed by atoms with Crippen molar-refractivity contribution in [2.75, 3.05) is 25.5 Å². The Morgan fingerprint density at radius 1 is 1.15 bits per heavy atom. The predicted molar refractivity (Wildman–Crippen MR) is 86.3 cm³/mol. The lowest BCUT2D eigenvalue weighted by Crippen LogP contribution is -2.34. The normalized spacial score (nSPS) is 11.2. The summed E-state index contributed by atoms with van der Waals surface area (Å²) in [5.74, 6) is 1.67. The largest absolute Gasteiger partial charge is 0.378 e. The van der Waals surface area contributed by atoms with Crippen molar-refractivity contribution in [2.24, 2.45) is 17.8 Å². The highest BCUT2D eigenvalue weighted by atomic mass is 16.1. The Morgan fingerprint density at radius 2 is 1.75 bits per heavy atom. The predicted octanol–water partition coefficient (Wildman–Crippen LogP) is 3.41. The number of benzene rings is 1. The third-order valence-corrected chi connectivity index (χ3v) is 3.84. The van der Waals surface area contributed by atoms with E-state index in [1.54, 1.807) is 0 Å². The highest BCUT2D eigenvalue weighted by molar-refractivity contribution is 5.95. The van der Waals surface area contributed by atoms with E-state index in [0.29, 0.717) is 17.8 Å². The van der Waals surface area contributed by atoms with Gasteiger partial charge in [0.2, 0.25) is 0 Å². The fourth-order valence-corrected chi connectivity index (χ4v) is 2.48. The molecule has 0 unspecified atom stereocenters. The molecule has 20 heavy (non-hydrogen) atoms. The first kappa shape index (κ1) is 16.5. The maximum absolute atomic E-state index is 12.2. The zero-order valence-corrected chi connectivity index (χ0v) is 13.6. The van der Waals surface area contributed by atoms with Gasteiger partial charge in [0.15, 0.2) is 0 Å². The Hall–Kier alpha value is -1.51. The number of amides is 1. The summed E-state index contributed by atoms with van der Waals surface area (Å²) in [6.07, 6.45) is 0. The van der Waals surface area contributed by atoms with Crippen molar-refractivity contribution in [1.82, 2.24) is 5.32 Å². The summed E-state index contributed by atoms with van der Waals surface area (Å²) in [7, 11) is 3.95. The van der Waals surface area contributed by atoms with Crippen molar-refractivity contribution < 1.29 is 4.79 Å². The van der Waals surface area contributed by atoms with Gasteiger partial charge >= 0.3 is 0 Å². The maximum Gasteiger partial charge on any atom is 0.251 e. The molecule has 0 saturated carbocycles. The molecular formula is C17H28N2O. The standard InChI is InChI=1S/C17H28N2O/c1-12(2)16(13(3)4)11-18-17(20)14-8-7-9-15(10-14)19(5)6/h7-10,12-13,16H,11H2,1-6H3,(H,18,20). The number of hydrogen-bond acceptors (Lipinski definition) is 2. The van der Waals surface area contributed by atoms with Crippen LogP contribution in [0.5, 0.6) is 0 Å². The van der Waals surface area contributed by atoms with Gasteiger partial charge in [-0.15, -0.1) is 0 Å². The molecule has 1 aromatic rings. The molecule has 0 saturated heterocycles. The summed E-state index contributed by atoms with van der Waals surface area (Å²) in [5.41, 5.74) is 1.77. The molecular weight excluding hydrogens is 248 g/mol. The first-order chi connectivity index (χ1) is 9.32. The van der Waals surface area contributed by atoms with Crippen LogP contribution in [0.2, 0.25) is 0 Å². The molecule has 0 fully saturated rings. The average molecular weight is 276 g/mol. The van der Waals surface area contributed by atoms with Gasteiger partial charge in [-0.05, 0) is 36.0 Å². The van der Waals surface area contributed by atoms with Crippen molar-refractivity contribution >= 4 is 11.6 Å². The third-order valence-electron chi connectivity index (χ3n) is 3.84. The average Bonchev–Trinajstić information content (AvgIpc) is 2.38. The fraction of sp³-hybridized carbons (Fsp3) is 0.588. The van der Waals surface area contributed by atoms with Gasteiger partial charge in [-0.1, -0.05) is 33.8 Å². The van der Waals surface area contributed by atoms with Gasteiger partial charge in [-0.25, -0.2) is 0 Å². The molecule has 1 N–H and O–H groups in total. The molecule has 0 aliphatic heterocycles. The Balaban J connectivity index is 2.69. The van der Waals surface area contributed by atoms with Gasteiger partial charge in [0.25, 0.3) is 5.91 Å². The second-order valence-electron chi connectivity index (χ2n) is 6.31. The highest BCUT2D eigenvalue weighted by Gasteiger charge is 2.18. The molecule has 3 nitrogen and oxygen atoms in total. The van der Waals surface area contributed by atoms with Crippen LogP contribution in [0.1, 0.15) is 38.1 Å². The molecule has 112 valence electrons. The Kier molecular flexibility index (Phi) is 6.05. The summed E-state index contributed by atoms with van der Waals surface area (Å²) in [6.45, 7) is 9.58. The van der Waals surface area contributed by atoms with Crippen molar-refractivity contribution in [3.63, 3.8) is 0 Å². The second-order valence-corrected chi connectivity index (χ2v) is 6.31. The van der Waals surface area contributed by atoms with Gasteiger partial charge in [-0.2, -0.15) is 0 Å². The molecule has 0 aliphatic rings. The molecule has 0 bridgehead atoms. The Labute approximate surface area is 123 Å². The SMILES string of the molecule is CC(C)C(CNC(=O)c1cccc(N(C)C)c1)C(C)C. The lowest BCUT2D eigenvalue weighted by Gasteiger charge is -2.25. The Bertz CT molecular complexity index is 430. The van der Waals surface area contributed by atoms with Gasteiger partial charge < -0.3 is 10.2 Å². The number of nitrogens with one attached hydrogen (secondary N) is 1. The third kappa shape index (κ3) is 4.55. The lowest BCUT2D eigenvalue weighted by atomic mass is 9.85. The number of hydrogen-bond donors (Lipinski definition) is 1. The van der Waals surface area contributed by atoms with Crippen molar-refractivity contribution in [3.8, 4) is 0 Å². The van der Waals surface area contributed by atoms with Crippen LogP contribution in [0, 0.1) is 17.8 Å². The first-order valence-electron chi connectivity index (χ1n) is 7.38. The second kappa shape index (κ2) is 7.32. The molecule has 0 spiro atoms. The van der Waals surface area contributed by atoms with E-state index in [4.69, 9.17) is 0 Å². The molecule has 1 amide bonds. The number of carbonyl (C=O) groups is 1. The van der Waals surface area contributed by atoms with Crippen LogP contribution in [0.4, 0.5) is 5.69 Å². The minimum Gasteiger partial charge on any atom is -0.378 e. The molecule has 0 aliphatic carbocycles. The number of rotatable bonds is 6. The number of anilines is 1. The van der Waals surface area contributed by atoms with Crippen LogP contribution in [0.15, 0.2) is 24.3 Å². The smallest absolute Gasteiger partial charge is 0.251 e. The van der Waals surface area contributed by atoms with Gasteiger partial charge in [-0.3, -0.25) is 4.79 Å². The molecule has 3 heteroatoms. The number of nitrogens with zero attached hydrogens (tertiary/aromatic N) is 1. The molecule has 0 radical (unpaired) electrons. The fourth-order valence-electron chi connectivity index (χ4n) is 2.48. The quantitative estimate of drug-likeness (QED) is 0.863. The molecule has 1 aromatic carbocycles. The van der Waals surface area contributed by atoms with Gasteiger partial charge in [0.05, 0.1) is 0 Å². The summed E-state index contributed by atoms with van der Waals surface area (Å²) in [5, 5.41) is 3.07. The van der Waals surface area contributed by atoms with E-state index in [0.717, 1.165) is 17.8 Å². The molecule has 0 aromatic heterocycles. The van der Waals surface area contributed by atoms with E-state index in [9.17, 15) is 4.79 Å². The maximum atomic E-state index is 12.2. The monoisotopic (exact) mass is 276 g/mol. The van der Waals surface area contributed by atoms with Gasteiger partial charge in [0.1, 0.15) is 0 Å². The summed E-state index contributed by atoms with van der Waals surface area (Å²) < 4.78 is 0. The van der Waals surface area contributed by atoms with Crippen LogP contribution in [-0.4, -0.2) is 26.5 Å². The van der Waals surface area contributed by atoms with E-state index in [-0.39, 0.29) is 5.91 Å². The highest BCUT2D eigenvalue weighted by Crippen LogP contribution is 2.20. The summed E-state index contributed by atoms with van der Waals surface area (Å²) in [6, 6.07) is 7.71. The first-order valence-corrected chi connectivity index (χ1v) is 7.38. The van der Waals surface area contributed by atoms with E-state index < -0.39 is 0 Å². The number of carbonyl (C=O) groups excluding carboxylic acids is 1. The van der Waals surface area contributed by atoms with Crippen LogP contribution < -0.4 is 10.2 Å². The van der Waals surface area contributed by atoms with E-state index in [1.807, 2.05) is 43.3 Å². The van der Waals surface area contributed by atoms with E-state index in [2.05, 4.69) is 33.0 Å². The van der Waals surface area contributed by atoms with Crippen molar-refractivity contribution in [2.45, 2.75) is 27.7 Å². The van der Waals surface area contributed by atoms with Gasteiger partial charge in [0, 0.05) is 31.9 Å². The Morgan fingerprint density at radius 3 is 2.25 bits per heavy atom. The summed E-state index contributed by atoms with van der Waals surface area (Å²) in [4.78, 5) is 14.2. The molecule has 0 atom stereocenters.